The number of nitrogens with two attached hydrogens (primary N) is 1. The Morgan fingerprint density at radius 1 is 1.17 bits per heavy atom. The number of hydrogen-bond acceptors (Lipinski definition) is 8. The van der Waals surface area contributed by atoms with E-state index in [2.05, 4.69) is 9.72 Å². The molecule has 4 N–H and O–H groups in total. The summed E-state index contributed by atoms with van der Waals surface area (Å²) in [6.45, 7) is 0.711. The monoisotopic (exact) mass is 526 g/mol. The maximum absolute atomic E-state index is 15.1. The highest BCUT2D eigenvalue weighted by Gasteiger charge is 2.54. The van der Waals surface area contributed by atoms with Crippen LogP contribution in [-0.4, -0.2) is 52.9 Å². The fraction of sp³-hybridized carbons (Fsp3) is 0.286. The fourth-order valence-corrected chi connectivity index (χ4v) is 5.28. The highest BCUT2D eigenvalue weighted by molar-refractivity contribution is 7.85. The quantitative estimate of drug-likeness (QED) is 0.329. The minimum absolute atomic E-state index is 0.0339. The van der Waals surface area contributed by atoms with Gasteiger partial charge in [-0.2, -0.15) is 8.42 Å². The molecule has 0 unspecified atom stereocenters. The largest absolute Gasteiger partial charge is 0.511 e. The molecule has 15 heteroatoms. The Morgan fingerprint density at radius 3 is 2.42 bits per heavy atom. The topological polar surface area (TPSA) is 165 Å². The lowest BCUT2D eigenvalue weighted by Crippen LogP contribution is -2.30. The standard InChI is InChI=1S/C21H17F3N4O7S/c22-8-1-2-14(12(23)3-8)28-15(7-36(32,33)34)18(35-21(30)31)17(29)9-4-13(24)20(26-19(9)28)27-5-10-11(6-27)16(10)25/h1-4,10-11,16H,5-7,25H2,(H,30,31)(H,32,33,34)/t10-,11+,16+. The van der Waals surface area contributed by atoms with E-state index in [1.54, 1.807) is 4.90 Å². The summed E-state index contributed by atoms with van der Waals surface area (Å²) in [5.41, 5.74) is 2.80. The van der Waals surface area contributed by atoms with Crippen LogP contribution >= 0.6 is 0 Å². The van der Waals surface area contributed by atoms with Gasteiger partial charge in [-0.15, -0.1) is 0 Å². The van der Waals surface area contributed by atoms with Crippen LogP contribution in [-0.2, 0) is 15.9 Å². The smallest absolute Gasteiger partial charge is 0.449 e. The van der Waals surface area contributed by atoms with Crippen LogP contribution in [0.25, 0.3) is 16.7 Å². The van der Waals surface area contributed by atoms with Gasteiger partial charge in [-0.3, -0.25) is 13.9 Å². The van der Waals surface area contributed by atoms with Gasteiger partial charge in [0.25, 0.3) is 10.1 Å². The first-order valence-corrected chi connectivity index (χ1v) is 12.1. The number of pyridine rings is 2. The molecule has 0 radical (unpaired) electrons. The molecule has 11 nitrogen and oxygen atoms in total. The minimum Gasteiger partial charge on any atom is -0.449 e. The zero-order valence-electron chi connectivity index (χ0n) is 18.1. The average molecular weight is 526 g/mol. The van der Waals surface area contributed by atoms with Gasteiger partial charge in [0, 0.05) is 25.2 Å². The van der Waals surface area contributed by atoms with Crippen molar-refractivity contribution < 1.29 is 40.8 Å². The van der Waals surface area contributed by atoms with Crippen molar-refractivity contribution in [3.8, 4) is 11.4 Å². The summed E-state index contributed by atoms with van der Waals surface area (Å²) < 4.78 is 82.0. The number of fused-ring (bicyclic) bond motifs is 2. The summed E-state index contributed by atoms with van der Waals surface area (Å²) in [6.07, 6.45) is -2.04. The first-order chi connectivity index (χ1) is 16.9. The third-order valence-electron chi connectivity index (χ3n) is 6.35. The Bertz CT molecular complexity index is 1600. The molecule has 3 aromatic rings. The summed E-state index contributed by atoms with van der Waals surface area (Å²) in [4.78, 5) is 30.1. The second-order valence-corrected chi connectivity index (χ2v) is 10.1. The second-order valence-electron chi connectivity index (χ2n) is 8.61. The number of aromatic nitrogens is 2. The van der Waals surface area contributed by atoms with Crippen molar-refractivity contribution in [2.24, 2.45) is 17.6 Å². The van der Waals surface area contributed by atoms with Gasteiger partial charge in [-0.25, -0.2) is 22.9 Å². The van der Waals surface area contributed by atoms with Crippen molar-refractivity contribution in [2.45, 2.75) is 11.8 Å². The summed E-state index contributed by atoms with van der Waals surface area (Å²) in [5.74, 6) is -5.74. The first kappa shape index (κ1) is 24.0. The molecule has 1 saturated carbocycles. The van der Waals surface area contributed by atoms with E-state index in [4.69, 9.17) is 10.8 Å². The molecular formula is C21H17F3N4O7S. The maximum Gasteiger partial charge on any atom is 0.511 e. The van der Waals surface area contributed by atoms with Gasteiger partial charge in [0.1, 0.15) is 17.4 Å². The van der Waals surface area contributed by atoms with Crippen molar-refractivity contribution in [3.05, 3.63) is 57.6 Å². The number of rotatable bonds is 5. The van der Waals surface area contributed by atoms with E-state index in [1.165, 1.54) is 0 Å². The van der Waals surface area contributed by atoms with E-state index in [0.717, 1.165) is 18.2 Å². The molecule has 3 heterocycles. The van der Waals surface area contributed by atoms with Crippen LogP contribution < -0.4 is 20.8 Å². The van der Waals surface area contributed by atoms with E-state index in [1.807, 2.05) is 0 Å². The Kier molecular flexibility index (Phi) is 5.46. The molecule has 0 amide bonds. The van der Waals surface area contributed by atoms with Gasteiger partial charge in [0.15, 0.2) is 17.3 Å². The molecule has 1 aromatic carbocycles. The van der Waals surface area contributed by atoms with E-state index in [9.17, 15) is 31.3 Å². The number of benzene rings is 1. The number of piperidine rings is 1. The third kappa shape index (κ3) is 4.04. The van der Waals surface area contributed by atoms with Crippen molar-refractivity contribution in [1.82, 2.24) is 9.55 Å². The first-order valence-electron chi connectivity index (χ1n) is 10.5. The van der Waals surface area contributed by atoms with Gasteiger partial charge in [0.2, 0.25) is 11.2 Å². The fourth-order valence-electron chi connectivity index (χ4n) is 4.67. The number of carboxylic acid groups (broad SMARTS) is 1. The zero-order chi connectivity index (χ0) is 26.1. The molecule has 0 bridgehead atoms. The predicted molar refractivity (Wildman–Crippen MR) is 118 cm³/mol. The lowest BCUT2D eigenvalue weighted by atomic mass is 10.1. The maximum atomic E-state index is 15.1. The Morgan fingerprint density at radius 2 is 1.83 bits per heavy atom. The summed E-state index contributed by atoms with van der Waals surface area (Å²) in [7, 11) is -4.97. The highest BCUT2D eigenvalue weighted by atomic mass is 32.2. The number of ether oxygens (including phenoxy) is 1. The zero-order valence-corrected chi connectivity index (χ0v) is 18.9. The molecule has 3 atom stereocenters. The van der Waals surface area contributed by atoms with Gasteiger partial charge in [0.05, 0.1) is 16.8 Å². The second kappa shape index (κ2) is 8.18. The number of hydrogen-bond donors (Lipinski definition) is 3. The van der Waals surface area contributed by atoms with Gasteiger partial charge >= 0.3 is 6.16 Å². The molecule has 190 valence electrons. The number of anilines is 1. The molecule has 1 aliphatic heterocycles. The van der Waals surface area contributed by atoms with Crippen molar-refractivity contribution in [3.63, 3.8) is 0 Å². The average Bonchev–Trinajstić information content (AvgIpc) is 3.16. The van der Waals surface area contributed by atoms with Gasteiger partial charge in [-0.1, -0.05) is 0 Å². The molecule has 1 aliphatic carbocycles. The molecule has 2 fully saturated rings. The highest BCUT2D eigenvalue weighted by Crippen LogP contribution is 2.45. The van der Waals surface area contributed by atoms with E-state index >= 15 is 4.39 Å². The number of carbonyl (C=O) groups is 1. The van der Waals surface area contributed by atoms with Crippen LogP contribution in [0.2, 0.25) is 0 Å². The molecular weight excluding hydrogens is 509 g/mol. The molecule has 36 heavy (non-hydrogen) atoms. The van der Waals surface area contributed by atoms with E-state index < -0.39 is 73.1 Å². The number of halogens is 3. The normalized spacial score (nSPS) is 21.0. The molecule has 2 aliphatic rings. The Balaban J connectivity index is 1.86. The molecule has 1 saturated heterocycles. The summed E-state index contributed by atoms with van der Waals surface area (Å²) >= 11 is 0. The number of nitrogens with zero attached hydrogens (tertiary/aromatic N) is 3. The van der Waals surface area contributed by atoms with Crippen LogP contribution in [0.3, 0.4) is 0 Å². The SMILES string of the molecule is N[C@@H]1[C@H]2CN(c3nc4c(cc3F)c(=O)c(OC(=O)O)c(CS(=O)(=O)O)n4-c3ccc(F)cc3F)C[C@@H]12. The molecule has 5 rings (SSSR count). The van der Waals surface area contributed by atoms with Crippen molar-refractivity contribution >= 4 is 33.1 Å². The van der Waals surface area contributed by atoms with Crippen LogP contribution in [0.1, 0.15) is 5.69 Å². The predicted octanol–water partition coefficient (Wildman–Crippen LogP) is 1.64. The van der Waals surface area contributed by atoms with Crippen LogP contribution in [0, 0.1) is 29.3 Å². The third-order valence-corrected chi connectivity index (χ3v) is 6.99. The molecule has 0 spiro atoms. The minimum atomic E-state index is -4.97. The Labute approximate surface area is 200 Å². The lowest BCUT2D eigenvalue weighted by molar-refractivity contribution is 0.143. The van der Waals surface area contributed by atoms with Crippen molar-refractivity contribution in [2.75, 3.05) is 18.0 Å². The van der Waals surface area contributed by atoms with Gasteiger partial charge in [-0.05, 0) is 30.0 Å². The molecule has 2 aromatic heterocycles. The van der Waals surface area contributed by atoms with Crippen molar-refractivity contribution in [1.29, 1.82) is 0 Å². The van der Waals surface area contributed by atoms with Gasteiger partial charge < -0.3 is 20.5 Å². The van der Waals surface area contributed by atoms with E-state index in [-0.39, 0.29) is 23.7 Å². The lowest BCUT2D eigenvalue weighted by Gasteiger charge is -2.23. The summed E-state index contributed by atoms with van der Waals surface area (Å²) in [5, 5.41) is 8.55. The van der Waals surface area contributed by atoms with Crippen LogP contribution in [0.5, 0.6) is 5.75 Å². The van der Waals surface area contributed by atoms with Crippen LogP contribution in [0.4, 0.5) is 23.8 Å². The Hall–Kier alpha value is -3.69. The van der Waals surface area contributed by atoms with Crippen LogP contribution in [0.15, 0.2) is 29.1 Å². The van der Waals surface area contributed by atoms with E-state index in [0.29, 0.717) is 23.7 Å². The summed E-state index contributed by atoms with van der Waals surface area (Å²) in [6, 6.07) is 2.86.